The Morgan fingerprint density at radius 3 is 2.88 bits per heavy atom. The standard InChI is InChI=1S/C17H12Cl2N6O/c18-14-3-2-11(6-15(14)19)9-24-10-12(7-21-24)23-17(26)13-8-22-25-5-1-4-20-16(13)25/h1-8,10H,9H2,(H,23,26). The van der Waals surface area contributed by atoms with Crippen LogP contribution in [-0.2, 0) is 6.54 Å². The highest BCUT2D eigenvalue weighted by Crippen LogP contribution is 2.23. The van der Waals surface area contributed by atoms with Crippen LogP contribution < -0.4 is 5.32 Å². The van der Waals surface area contributed by atoms with E-state index in [0.29, 0.717) is 33.5 Å². The number of carbonyl (C=O) groups is 1. The molecule has 26 heavy (non-hydrogen) atoms. The summed E-state index contributed by atoms with van der Waals surface area (Å²) in [5, 5.41) is 12.2. The molecule has 0 aliphatic heterocycles. The number of benzene rings is 1. The van der Waals surface area contributed by atoms with Gasteiger partial charge < -0.3 is 5.32 Å². The van der Waals surface area contributed by atoms with Crippen molar-refractivity contribution in [2.24, 2.45) is 0 Å². The number of halogens is 2. The van der Waals surface area contributed by atoms with Crippen LogP contribution in [0.15, 0.2) is 55.2 Å². The van der Waals surface area contributed by atoms with Crippen molar-refractivity contribution in [3.05, 3.63) is 76.4 Å². The summed E-state index contributed by atoms with van der Waals surface area (Å²) in [6, 6.07) is 7.14. The molecule has 4 rings (SSSR count). The van der Waals surface area contributed by atoms with Crippen molar-refractivity contribution in [1.29, 1.82) is 0 Å². The Labute approximate surface area is 158 Å². The molecule has 0 aliphatic rings. The van der Waals surface area contributed by atoms with E-state index in [9.17, 15) is 4.79 Å². The molecule has 0 atom stereocenters. The quantitative estimate of drug-likeness (QED) is 0.581. The van der Waals surface area contributed by atoms with Crippen LogP contribution in [0.3, 0.4) is 0 Å². The largest absolute Gasteiger partial charge is 0.319 e. The topological polar surface area (TPSA) is 77.1 Å². The summed E-state index contributed by atoms with van der Waals surface area (Å²) in [7, 11) is 0. The fourth-order valence-corrected chi connectivity index (χ4v) is 2.85. The Morgan fingerprint density at radius 1 is 1.15 bits per heavy atom. The van der Waals surface area contributed by atoms with E-state index in [4.69, 9.17) is 23.2 Å². The molecular weight excluding hydrogens is 375 g/mol. The number of aromatic nitrogens is 5. The number of carbonyl (C=O) groups excluding carboxylic acids is 1. The predicted molar refractivity (Wildman–Crippen MR) is 98.7 cm³/mol. The molecular formula is C17H12Cl2N6O. The van der Waals surface area contributed by atoms with Crippen LogP contribution >= 0.6 is 23.2 Å². The normalized spacial score (nSPS) is 11.0. The lowest BCUT2D eigenvalue weighted by molar-refractivity contribution is 0.102. The van der Waals surface area contributed by atoms with E-state index >= 15 is 0 Å². The number of anilines is 1. The van der Waals surface area contributed by atoms with E-state index in [0.717, 1.165) is 5.56 Å². The number of nitrogens with zero attached hydrogens (tertiary/aromatic N) is 5. The molecule has 0 unspecified atom stereocenters. The van der Waals surface area contributed by atoms with Crippen molar-refractivity contribution in [2.75, 3.05) is 5.32 Å². The Balaban J connectivity index is 1.49. The van der Waals surface area contributed by atoms with Crippen LogP contribution in [0.5, 0.6) is 0 Å². The molecule has 0 spiro atoms. The van der Waals surface area contributed by atoms with Gasteiger partial charge in [-0.15, -0.1) is 0 Å². The second kappa shape index (κ2) is 6.78. The molecule has 130 valence electrons. The van der Waals surface area contributed by atoms with Crippen LogP contribution in [0.2, 0.25) is 10.0 Å². The molecule has 1 N–H and O–H groups in total. The van der Waals surface area contributed by atoms with Gasteiger partial charge in [0.25, 0.3) is 5.91 Å². The highest BCUT2D eigenvalue weighted by molar-refractivity contribution is 6.42. The Kier molecular flexibility index (Phi) is 4.32. The van der Waals surface area contributed by atoms with Gasteiger partial charge in [-0.2, -0.15) is 10.2 Å². The Hall–Kier alpha value is -2.90. The van der Waals surface area contributed by atoms with Gasteiger partial charge in [-0.3, -0.25) is 9.48 Å². The maximum Gasteiger partial charge on any atom is 0.261 e. The van der Waals surface area contributed by atoms with E-state index in [1.165, 1.54) is 6.20 Å². The zero-order valence-electron chi connectivity index (χ0n) is 13.3. The van der Waals surface area contributed by atoms with Gasteiger partial charge in [0.1, 0.15) is 5.56 Å². The zero-order valence-corrected chi connectivity index (χ0v) is 14.8. The van der Waals surface area contributed by atoms with Gasteiger partial charge in [-0.1, -0.05) is 29.3 Å². The lowest BCUT2D eigenvalue weighted by Gasteiger charge is -2.04. The lowest BCUT2D eigenvalue weighted by Crippen LogP contribution is -2.11. The Morgan fingerprint density at radius 2 is 2.04 bits per heavy atom. The second-order valence-corrected chi connectivity index (χ2v) is 6.39. The van der Waals surface area contributed by atoms with Gasteiger partial charge in [0.05, 0.1) is 34.7 Å². The van der Waals surface area contributed by atoms with Crippen LogP contribution in [0.25, 0.3) is 5.65 Å². The van der Waals surface area contributed by atoms with Gasteiger partial charge in [-0.25, -0.2) is 9.50 Å². The molecule has 9 heteroatoms. The zero-order chi connectivity index (χ0) is 18.1. The van der Waals surface area contributed by atoms with Gasteiger partial charge in [0.15, 0.2) is 5.65 Å². The number of amides is 1. The summed E-state index contributed by atoms with van der Waals surface area (Å²) < 4.78 is 3.24. The minimum absolute atomic E-state index is 0.298. The molecule has 4 aromatic rings. The number of rotatable bonds is 4. The smallest absolute Gasteiger partial charge is 0.261 e. The van der Waals surface area contributed by atoms with Crippen molar-refractivity contribution in [3.63, 3.8) is 0 Å². The van der Waals surface area contributed by atoms with Crippen LogP contribution in [0.4, 0.5) is 5.69 Å². The maximum atomic E-state index is 12.5. The highest BCUT2D eigenvalue weighted by atomic mass is 35.5. The summed E-state index contributed by atoms with van der Waals surface area (Å²) in [5.74, 6) is -0.298. The molecule has 0 saturated heterocycles. The predicted octanol–water partition coefficient (Wildman–Crippen LogP) is 3.53. The number of hydrogen-bond acceptors (Lipinski definition) is 4. The molecule has 3 heterocycles. The third-order valence-electron chi connectivity index (χ3n) is 3.74. The number of fused-ring (bicyclic) bond motifs is 1. The highest BCUT2D eigenvalue weighted by Gasteiger charge is 2.14. The van der Waals surface area contributed by atoms with Crippen LogP contribution in [-0.4, -0.2) is 30.3 Å². The monoisotopic (exact) mass is 386 g/mol. The average molecular weight is 387 g/mol. The van der Waals surface area contributed by atoms with E-state index in [2.05, 4.69) is 20.5 Å². The molecule has 1 aromatic carbocycles. The fraction of sp³-hybridized carbons (Fsp3) is 0.0588. The van der Waals surface area contributed by atoms with Crippen molar-refractivity contribution in [1.82, 2.24) is 24.4 Å². The number of nitrogens with one attached hydrogen (secondary N) is 1. The maximum absolute atomic E-state index is 12.5. The summed E-state index contributed by atoms with van der Waals surface area (Å²) in [6.07, 6.45) is 8.14. The van der Waals surface area contributed by atoms with Crippen LogP contribution in [0, 0.1) is 0 Å². The lowest BCUT2D eigenvalue weighted by atomic mass is 10.2. The molecule has 0 saturated carbocycles. The molecule has 7 nitrogen and oxygen atoms in total. The molecule has 0 bridgehead atoms. The van der Waals surface area contributed by atoms with Crippen molar-refractivity contribution >= 4 is 40.4 Å². The first-order valence-electron chi connectivity index (χ1n) is 7.66. The summed E-state index contributed by atoms with van der Waals surface area (Å²) >= 11 is 11.9. The SMILES string of the molecule is O=C(Nc1cnn(Cc2ccc(Cl)c(Cl)c2)c1)c1cnn2cccnc12. The average Bonchev–Trinajstić information content (AvgIpc) is 3.25. The minimum atomic E-state index is -0.298. The fourth-order valence-electron chi connectivity index (χ4n) is 2.53. The number of hydrogen-bond donors (Lipinski definition) is 1. The summed E-state index contributed by atoms with van der Waals surface area (Å²) in [4.78, 5) is 16.6. The van der Waals surface area contributed by atoms with Gasteiger partial charge in [-0.05, 0) is 23.8 Å². The third-order valence-corrected chi connectivity index (χ3v) is 4.48. The molecule has 0 aliphatic carbocycles. The third kappa shape index (κ3) is 3.26. The van der Waals surface area contributed by atoms with Crippen molar-refractivity contribution < 1.29 is 4.79 Å². The van der Waals surface area contributed by atoms with E-state index in [-0.39, 0.29) is 5.91 Å². The Bertz CT molecular complexity index is 1100. The van der Waals surface area contributed by atoms with Crippen molar-refractivity contribution in [3.8, 4) is 0 Å². The van der Waals surface area contributed by atoms with E-state index in [1.54, 1.807) is 52.2 Å². The van der Waals surface area contributed by atoms with Crippen molar-refractivity contribution in [2.45, 2.75) is 6.54 Å². The first kappa shape index (κ1) is 16.6. The van der Waals surface area contributed by atoms with E-state index in [1.807, 2.05) is 6.07 Å². The summed E-state index contributed by atoms with van der Waals surface area (Å²) in [5.41, 5.74) is 2.41. The molecule has 0 fully saturated rings. The van der Waals surface area contributed by atoms with Gasteiger partial charge >= 0.3 is 0 Å². The minimum Gasteiger partial charge on any atom is -0.319 e. The molecule has 1 amide bonds. The first-order valence-corrected chi connectivity index (χ1v) is 8.42. The van der Waals surface area contributed by atoms with Crippen LogP contribution in [0.1, 0.15) is 15.9 Å². The van der Waals surface area contributed by atoms with Gasteiger partial charge in [0.2, 0.25) is 0 Å². The molecule has 3 aromatic heterocycles. The van der Waals surface area contributed by atoms with E-state index < -0.39 is 0 Å². The molecule has 0 radical (unpaired) electrons. The second-order valence-electron chi connectivity index (χ2n) is 5.58. The van der Waals surface area contributed by atoms with Gasteiger partial charge in [0, 0.05) is 18.6 Å². The first-order chi connectivity index (χ1) is 12.6. The summed E-state index contributed by atoms with van der Waals surface area (Å²) in [6.45, 7) is 0.505.